The van der Waals surface area contributed by atoms with Crippen molar-refractivity contribution in [3.8, 4) is 0 Å². The first-order chi connectivity index (χ1) is 34.5. The van der Waals surface area contributed by atoms with Crippen LogP contribution in [0.15, 0.2) is 47.6 Å². The molecule has 3 fully saturated rings. The van der Waals surface area contributed by atoms with Crippen molar-refractivity contribution in [1.29, 1.82) is 0 Å². The molecule has 0 spiro atoms. The summed E-state index contributed by atoms with van der Waals surface area (Å²) in [5, 5.41) is 23.6. The van der Waals surface area contributed by atoms with Crippen molar-refractivity contribution in [2.75, 3.05) is 41.1 Å². The number of aliphatic hydroxyl groups excluding tert-OH is 1. The molecule has 0 aromatic carbocycles. The maximum absolute atomic E-state index is 14.6. The van der Waals surface area contributed by atoms with E-state index in [0.29, 0.717) is 76.4 Å². The molecule has 2 N–H and O–H groups in total. The van der Waals surface area contributed by atoms with Crippen LogP contribution in [-0.2, 0) is 61.3 Å². The van der Waals surface area contributed by atoms with Crippen molar-refractivity contribution < 1.29 is 71.5 Å². The number of aliphatic hydroxyl groups is 2. The summed E-state index contributed by atoms with van der Waals surface area (Å²) in [5.41, 5.74) is 1.17. The van der Waals surface area contributed by atoms with E-state index < -0.39 is 103 Å². The largest absolute Gasteiger partial charge is 0.460 e. The lowest BCUT2D eigenvalue weighted by Crippen LogP contribution is -2.61. The molecule has 0 radical (unpaired) electrons. The molecule has 3 heterocycles. The molecule has 17 heteroatoms. The Bertz CT molecular complexity index is 2020. The molecule has 16 atom stereocenters. The zero-order valence-corrected chi connectivity index (χ0v) is 46.9. The van der Waals surface area contributed by atoms with Gasteiger partial charge in [-0.2, -0.15) is 0 Å². The minimum atomic E-state index is -3.35. The summed E-state index contributed by atoms with van der Waals surface area (Å²) in [6, 6.07) is -1.17. The van der Waals surface area contributed by atoms with Crippen molar-refractivity contribution in [3.63, 3.8) is 0 Å². The van der Waals surface area contributed by atoms with Gasteiger partial charge in [0.25, 0.3) is 11.7 Å². The van der Waals surface area contributed by atoms with E-state index in [2.05, 4.69) is 0 Å². The van der Waals surface area contributed by atoms with Gasteiger partial charge >= 0.3 is 13.6 Å². The Morgan fingerprint density at radius 1 is 0.890 bits per heavy atom. The Morgan fingerprint density at radius 2 is 1.62 bits per heavy atom. The molecule has 2 bridgehead atoms. The van der Waals surface area contributed by atoms with Crippen LogP contribution in [0.25, 0.3) is 0 Å². The number of esters is 1. The maximum atomic E-state index is 14.6. The van der Waals surface area contributed by atoms with Crippen LogP contribution in [-0.4, -0.2) is 140 Å². The number of cyclic esters (lactones) is 1. The van der Waals surface area contributed by atoms with Crippen molar-refractivity contribution in [1.82, 2.24) is 4.90 Å². The van der Waals surface area contributed by atoms with Crippen LogP contribution >= 0.6 is 7.60 Å². The van der Waals surface area contributed by atoms with Crippen molar-refractivity contribution in [2.24, 2.45) is 35.5 Å². The van der Waals surface area contributed by atoms with Crippen molar-refractivity contribution in [2.45, 2.75) is 200 Å². The molecule has 3 unspecified atom stereocenters. The second-order valence-electron chi connectivity index (χ2n) is 21.6. The quantitative estimate of drug-likeness (QED) is 0.0809. The summed E-state index contributed by atoms with van der Waals surface area (Å²) in [7, 11) is 1.19. The van der Waals surface area contributed by atoms with Gasteiger partial charge in [-0.15, -0.1) is 0 Å². The van der Waals surface area contributed by atoms with E-state index in [-0.39, 0.29) is 42.8 Å². The second-order valence-corrected chi connectivity index (χ2v) is 23.6. The van der Waals surface area contributed by atoms with Gasteiger partial charge in [0, 0.05) is 65.1 Å². The Balaban J connectivity index is 1.68. The van der Waals surface area contributed by atoms with Crippen LogP contribution in [0.3, 0.4) is 0 Å². The van der Waals surface area contributed by atoms with Gasteiger partial charge in [-0.05, 0) is 113 Å². The van der Waals surface area contributed by atoms with Gasteiger partial charge in [0.05, 0.1) is 37.1 Å². The van der Waals surface area contributed by atoms with Gasteiger partial charge < -0.3 is 47.8 Å². The molecule has 0 aromatic heterocycles. The number of allylic oxidation sites excluding steroid dienone is 6. The number of ether oxygens (including phenoxy) is 5. The van der Waals surface area contributed by atoms with Crippen LogP contribution in [0, 0.1) is 35.5 Å². The lowest BCUT2D eigenvalue weighted by atomic mass is 9.78. The predicted molar refractivity (Wildman–Crippen MR) is 278 cm³/mol. The number of amides is 1. The monoisotopic (exact) mass is 1050 g/mol. The number of hydrogen-bond donors (Lipinski definition) is 2. The fourth-order valence-corrected chi connectivity index (χ4v) is 12.1. The average Bonchev–Trinajstić information content (AvgIpc) is 3.35. The summed E-state index contributed by atoms with van der Waals surface area (Å²) in [6.45, 7) is 16.5. The molecule has 73 heavy (non-hydrogen) atoms. The Morgan fingerprint density at radius 3 is 2.29 bits per heavy atom. The maximum Gasteiger partial charge on any atom is 0.329 e. The van der Waals surface area contributed by atoms with Crippen LogP contribution < -0.4 is 0 Å². The molecule has 4 rings (SSSR count). The average molecular weight is 1050 g/mol. The smallest absolute Gasteiger partial charge is 0.329 e. The molecular weight excluding hydrogens is 958 g/mol. The third-order valence-corrected chi connectivity index (χ3v) is 16.9. The Labute approximate surface area is 435 Å². The number of fused-ring (bicyclic) bond motifs is 3. The minimum absolute atomic E-state index is 0.00895. The number of rotatable bonds is 12. The number of methoxy groups -OCH3 is 3. The minimum Gasteiger partial charge on any atom is -0.460 e. The number of piperidine rings is 1. The molecule has 1 amide bonds. The first kappa shape index (κ1) is 62.4. The molecular formula is C56H90NO15P. The number of unbranched alkanes of at least 4 members (excludes halogenated alkanes) is 1. The number of nitrogens with zero attached hydrogens (tertiary/aromatic N) is 1. The number of carbonyl (C=O) groups excluding carboxylic acids is 5. The summed E-state index contributed by atoms with van der Waals surface area (Å²) in [6.07, 6.45) is 12.6. The first-order valence-electron chi connectivity index (χ1n) is 26.9. The van der Waals surface area contributed by atoms with E-state index in [4.69, 9.17) is 32.7 Å². The molecule has 0 aromatic rings. The standard InChI is InChI=1S/C56H90NO15P/c1-13-14-28-69-73(12,65)72-46-26-24-42(32-49(46)67-10)31-38(5)48-34-45(58)37(4)30-40(7)51(60)52(68-11)50(59)39(6)29-35(2)20-16-15-17-21-36(3)47(66-9)33-43-25-23-41(8)56(64,71-43)53(61)54(62)57-27-19-18-22-44(57)55(63)70-48/h15-17,20-21,30,35,38-44,46-49,51-52,60,64H,13-14,18-19,22-29,31-34H2,1-12H3/t35-,38-,39-,40?,41-,42+,43+,44+,46-,47+,48?,49-,51-,52+,56-,73?/m1/s1. The molecule has 2 saturated heterocycles. The van der Waals surface area contributed by atoms with Crippen LogP contribution in [0.1, 0.15) is 145 Å². The van der Waals surface area contributed by atoms with E-state index in [1.165, 1.54) is 18.7 Å². The van der Waals surface area contributed by atoms with Crippen LogP contribution in [0.2, 0.25) is 0 Å². The van der Waals surface area contributed by atoms with E-state index in [1.54, 1.807) is 41.1 Å². The highest BCUT2D eigenvalue weighted by molar-refractivity contribution is 7.53. The summed E-state index contributed by atoms with van der Waals surface area (Å²) in [4.78, 5) is 72.5. The highest BCUT2D eigenvalue weighted by Crippen LogP contribution is 2.49. The zero-order chi connectivity index (χ0) is 54.2. The van der Waals surface area contributed by atoms with E-state index in [1.807, 2.05) is 65.0 Å². The SMILES string of the molecule is CCCCOP(C)(=O)O[C@@H]1CC[C@@H](C[C@@H](C)C2CC(=O)C(C)=CC(C)[C@@H](O)[C@@H](OC)C(=O)[C@H](C)C[C@H](C)C=CC=CC=C(C)[C@@H](OC)C[C@@H]3CC[C@@H](C)[C@@](O)(O3)C(=O)C(=O)N3CCCC[C@H]3C(=O)O2)C[C@H]1OC. The number of hydrogen-bond acceptors (Lipinski definition) is 15. The lowest BCUT2D eigenvalue weighted by Gasteiger charge is -2.42. The first-order valence-corrected chi connectivity index (χ1v) is 28.9. The van der Waals surface area contributed by atoms with Crippen LogP contribution in [0.4, 0.5) is 0 Å². The topological polar surface area (TPSA) is 211 Å². The highest BCUT2D eigenvalue weighted by atomic mass is 31.2. The summed E-state index contributed by atoms with van der Waals surface area (Å²) >= 11 is 0. The highest BCUT2D eigenvalue weighted by Gasteiger charge is 2.53. The molecule has 414 valence electrons. The summed E-state index contributed by atoms with van der Waals surface area (Å²) in [5.74, 6) is -8.22. The van der Waals surface area contributed by atoms with Gasteiger partial charge in [0.15, 0.2) is 11.6 Å². The third kappa shape index (κ3) is 17.7. The number of Topliss-reactive ketones (excluding diaryl/α,β-unsaturated/α-hetero) is 3. The number of carbonyl (C=O) groups is 5. The summed E-state index contributed by atoms with van der Waals surface area (Å²) < 4.78 is 54.7. The Hall–Kier alpha value is -3.18. The molecule has 1 saturated carbocycles. The molecule has 16 nitrogen and oxygen atoms in total. The van der Waals surface area contributed by atoms with E-state index >= 15 is 0 Å². The van der Waals surface area contributed by atoms with Crippen molar-refractivity contribution >= 4 is 36.8 Å². The number of ketones is 3. The molecule has 3 aliphatic heterocycles. The van der Waals surface area contributed by atoms with Crippen molar-refractivity contribution in [3.05, 3.63) is 47.6 Å². The van der Waals surface area contributed by atoms with E-state index in [9.17, 15) is 38.8 Å². The van der Waals surface area contributed by atoms with Gasteiger partial charge in [0.2, 0.25) is 5.79 Å². The van der Waals surface area contributed by atoms with Gasteiger partial charge in [0.1, 0.15) is 18.2 Å². The Kier molecular flexibility index (Phi) is 25.1. The van der Waals surface area contributed by atoms with Gasteiger partial charge in [-0.1, -0.05) is 84.4 Å². The van der Waals surface area contributed by atoms with Gasteiger partial charge in [-0.3, -0.25) is 23.7 Å². The van der Waals surface area contributed by atoms with E-state index in [0.717, 1.165) is 18.4 Å². The van der Waals surface area contributed by atoms with Crippen LogP contribution in [0.5, 0.6) is 0 Å². The lowest BCUT2D eigenvalue weighted by molar-refractivity contribution is -0.265. The second kappa shape index (κ2) is 29.4. The fraction of sp³-hybridized carbons (Fsp3) is 0.768. The normalized spacial score (nSPS) is 35.9. The van der Waals surface area contributed by atoms with Gasteiger partial charge in [-0.25, -0.2) is 4.79 Å². The molecule has 4 aliphatic rings. The predicted octanol–water partition coefficient (Wildman–Crippen LogP) is 8.84. The molecule has 1 aliphatic carbocycles. The zero-order valence-electron chi connectivity index (χ0n) is 46.0. The fourth-order valence-electron chi connectivity index (χ4n) is 10.9. The third-order valence-electron chi connectivity index (χ3n) is 15.6.